The highest BCUT2D eigenvalue weighted by molar-refractivity contribution is 7.43. The maximum absolute atomic E-state index is 14.5. The van der Waals surface area contributed by atoms with Crippen molar-refractivity contribution < 1.29 is 62.4 Å². The van der Waals surface area contributed by atoms with Gasteiger partial charge in [0.2, 0.25) is 5.79 Å². The number of carbonyl (C=O) groups excluding carboxylic acids is 5. The van der Waals surface area contributed by atoms with E-state index < -0.39 is 85.6 Å². The molecule has 0 aromatic carbocycles. The van der Waals surface area contributed by atoms with E-state index in [4.69, 9.17) is 23.7 Å². The number of fused-ring (bicyclic) bond motifs is 3. The Morgan fingerprint density at radius 3 is 2.29 bits per heavy atom. The van der Waals surface area contributed by atoms with Crippen molar-refractivity contribution in [3.63, 3.8) is 0 Å². The Labute approximate surface area is 412 Å². The Morgan fingerprint density at radius 1 is 0.899 bits per heavy atom. The van der Waals surface area contributed by atoms with Crippen molar-refractivity contribution in [3.05, 3.63) is 47.6 Å². The number of nitrogens with zero attached hydrogens (tertiary/aromatic N) is 1. The second-order valence-corrected chi connectivity index (χ2v) is 22.5. The molecule has 0 aromatic rings. The molecule has 4 aliphatic rings. The lowest BCUT2D eigenvalue weighted by atomic mass is 9.77. The van der Waals surface area contributed by atoms with Gasteiger partial charge in [-0.3, -0.25) is 19.2 Å². The molecule has 69 heavy (non-hydrogen) atoms. The third-order valence-corrected chi connectivity index (χ3v) is 15.8. The first kappa shape index (κ1) is 58.4. The van der Waals surface area contributed by atoms with Gasteiger partial charge in [0.25, 0.3) is 11.7 Å². The van der Waals surface area contributed by atoms with Crippen LogP contribution in [-0.4, -0.2) is 140 Å². The van der Waals surface area contributed by atoms with Crippen LogP contribution in [0.5, 0.6) is 0 Å². The number of rotatable bonds is 9. The van der Waals surface area contributed by atoms with Crippen LogP contribution in [0.25, 0.3) is 0 Å². The minimum atomic E-state index is -2.43. The Morgan fingerprint density at radius 2 is 1.62 bits per heavy atom. The maximum atomic E-state index is 14.5. The highest BCUT2D eigenvalue weighted by Gasteiger charge is 2.53. The molecule has 1 amide bonds. The summed E-state index contributed by atoms with van der Waals surface area (Å²) in [5, 5.41) is 26.9. The minimum Gasteiger partial charge on any atom is -0.460 e. The Hall–Kier alpha value is -3.14. The van der Waals surface area contributed by atoms with Gasteiger partial charge in [0.1, 0.15) is 30.1 Å². The summed E-state index contributed by atoms with van der Waals surface area (Å²) in [7, 11) is 2.90. The van der Waals surface area contributed by atoms with E-state index in [0.29, 0.717) is 63.2 Å². The van der Waals surface area contributed by atoms with Crippen LogP contribution in [0.2, 0.25) is 0 Å². The number of methoxy groups -OCH3 is 3. The summed E-state index contributed by atoms with van der Waals surface area (Å²) < 4.78 is 41.8. The summed E-state index contributed by atoms with van der Waals surface area (Å²) in [6, 6.07) is -1.10. The fourth-order valence-electron chi connectivity index (χ4n) is 10.6. The van der Waals surface area contributed by atoms with Gasteiger partial charge in [0.05, 0.1) is 26.1 Å². The predicted molar refractivity (Wildman–Crippen MR) is 266 cm³/mol. The normalized spacial score (nSPS) is 39.2. The summed E-state index contributed by atoms with van der Waals surface area (Å²) in [6.07, 6.45) is 12.9. The highest BCUT2D eigenvalue weighted by atomic mass is 31.1. The largest absolute Gasteiger partial charge is 0.460 e. The number of allylic oxidation sites excluding steroid dienone is 6. The molecule has 16 heteroatoms. The standard InChI is InChI=1S/C53H85N2O13P/c1-32-17-13-12-14-18-33(2)44(64-8)29-40-22-20-38(7)53(62,68-40)50(59)51(60)55-24-16-15-19-42(55)52(61)67-45(35(4)27-39-21-23-41(46(28-39)65-9)54-31-69(11)63)30-43(56)34(3)26-37(6)48(58)49(66-10)47(57)36(5)25-32/h12-14,17-18,26,32,34-36,38-42,44-46,48-49,54,58,62,69H,15-16,19-25,27-31H2,1-11H3/b14-12+,17-13+,33-18+,37-26+/t32-,34-,35-,36-,38-,39+,40?,41?,42?,44+,45+,46-,48-,49+,53-/m1/s1. The summed E-state index contributed by atoms with van der Waals surface area (Å²) >= 11 is 0. The van der Waals surface area contributed by atoms with Gasteiger partial charge in [-0.2, -0.15) is 0 Å². The second kappa shape index (κ2) is 27.6. The van der Waals surface area contributed by atoms with E-state index in [1.807, 2.05) is 58.1 Å². The number of carbonyl (C=O) groups is 5. The van der Waals surface area contributed by atoms with E-state index in [0.717, 1.165) is 18.4 Å². The maximum Gasteiger partial charge on any atom is 0.329 e. The molecule has 4 rings (SSSR count). The zero-order valence-corrected chi connectivity index (χ0v) is 44.3. The van der Waals surface area contributed by atoms with E-state index >= 15 is 0 Å². The van der Waals surface area contributed by atoms with Crippen LogP contribution in [0.15, 0.2) is 47.6 Å². The summed E-state index contributed by atoms with van der Waals surface area (Å²) in [5.74, 6) is -7.90. The molecule has 16 atom stereocenters. The molecule has 3 heterocycles. The molecule has 15 nitrogen and oxygen atoms in total. The Balaban J connectivity index is 1.70. The van der Waals surface area contributed by atoms with Crippen LogP contribution in [0.4, 0.5) is 0 Å². The van der Waals surface area contributed by atoms with E-state index in [2.05, 4.69) is 5.32 Å². The molecular weight excluding hydrogens is 904 g/mol. The predicted octanol–water partition coefficient (Wildman–Crippen LogP) is 6.92. The van der Waals surface area contributed by atoms with Crippen LogP contribution in [-0.2, 0) is 52.2 Å². The number of cyclic esters (lactones) is 1. The van der Waals surface area contributed by atoms with Crippen molar-refractivity contribution in [2.24, 2.45) is 35.5 Å². The number of ketones is 3. The quantitative estimate of drug-likeness (QED) is 0.0929. The molecule has 4 unspecified atom stereocenters. The number of nitrogens with one attached hydrogen (secondary N) is 1. The van der Waals surface area contributed by atoms with Crippen LogP contribution < -0.4 is 5.32 Å². The van der Waals surface area contributed by atoms with Crippen molar-refractivity contribution in [2.45, 2.75) is 180 Å². The molecular formula is C53H85N2O13P. The number of aliphatic hydroxyl groups excluding tert-OH is 1. The van der Waals surface area contributed by atoms with E-state index in [-0.39, 0.29) is 60.9 Å². The molecule has 0 spiro atoms. The molecule has 3 N–H and O–H groups in total. The van der Waals surface area contributed by atoms with Gasteiger partial charge in [-0.1, -0.05) is 71.1 Å². The molecule has 1 aliphatic carbocycles. The van der Waals surface area contributed by atoms with Gasteiger partial charge in [-0.05, 0) is 114 Å². The monoisotopic (exact) mass is 989 g/mol. The van der Waals surface area contributed by atoms with Crippen molar-refractivity contribution in [1.82, 2.24) is 10.2 Å². The SMILES string of the molecule is CO[C@H]1CC2CC[C@@H](C)[C@@](O)(O2)C(=O)C(=O)N2CCCCC2C(=O)O[C@H]([C@H](C)C[C@@H]2CCC(NC[PH](C)=O)[C@H](OC)C2)CC(=O)[C@H](C)/C=C(\C)[C@@H](O)[C@@H](OC)C(=O)[C@H](C)C[C@H](C)/C=C/C=C/C=C/1C. The van der Waals surface area contributed by atoms with Gasteiger partial charge in [0, 0.05) is 70.8 Å². The van der Waals surface area contributed by atoms with Crippen molar-refractivity contribution in [3.8, 4) is 0 Å². The minimum absolute atomic E-state index is 0.0164. The fraction of sp³-hybridized carbons (Fsp3) is 0.755. The van der Waals surface area contributed by atoms with Crippen molar-refractivity contribution >= 4 is 37.0 Å². The zero-order chi connectivity index (χ0) is 51.2. The molecule has 0 aromatic heterocycles. The lowest BCUT2D eigenvalue weighted by Crippen LogP contribution is -2.61. The van der Waals surface area contributed by atoms with Gasteiger partial charge in [-0.25, -0.2) is 4.79 Å². The highest BCUT2D eigenvalue weighted by Crippen LogP contribution is 2.38. The number of Topliss-reactive ketones (excluding diaryl/α,β-unsaturated/α-hetero) is 3. The van der Waals surface area contributed by atoms with Crippen LogP contribution in [0.3, 0.4) is 0 Å². The van der Waals surface area contributed by atoms with Gasteiger partial charge >= 0.3 is 5.97 Å². The molecule has 3 fully saturated rings. The number of piperidine rings is 1. The molecule has 3 aliphatic heterocycles. The Bertz CT molecular complexity index is 1900. The summed E-state index contributed by atoms with van der Waals surface area (Å²) in [5.41, 5.74) is 1.27. The van der Waals surface area contributed by atoms with Gasteiger partial charge in [0.15, 0.2) is 5.78 Å². The molecule has 1 saturated carbocycles. The number of esters is 1. The second-order valence-electron chi connectivity index (χ2n) is 20.7. The average Bonchev–Trinajstić information content (AvgIpc) is 3.32. The molecule has 0 radical (unpaired) electrons. The molecule has 2 saturated heterocycles. The summed E-state index contributed by atoms with van der Waals surface area (Å²) in [4.78, 5) is 72.3. The number of hydrogen-bond acceptors (Lipinski definition) is 14. The smallest absolute Gasteiger partial charge is 0.329 e. The van der Waals surface area contributed by atoms with Gasteiger partial charge in [-0.15, -0.1) is 0 Å². The van der Waals surface area contributed by atoms with Gasteiger partial charge < -0.3 is 48.7 Å². The van der Waals surface area contributed by atoms with Crippen molar-refractivity contribution in [1.29, 1.82) is 0 Å². The average molecular weight is 989 g/mol. The number of ether oxygens (including phenoxy) is 5. The van der Waals surface area contributed by atoms with Crippen LogP contribution in [0.1, 0.15) is 126 Å². The first-order chi connectivity index (χ1) is 32.6. The lowest BCUT2D eigenvalue weighted by molar-refractivity contribution is -0.265. The lowest BCUT2D eigenvalue weighted by Gasteiger charge is -2.42. The number of amides is 1. The zero-order valence-electron chi connectivity index (χ0n) is 43.3. The first-order valence-electron chi connectivity index (χ1n) is 25.4. The van der Waals surface area contributed by atoms with Crippen molar-refractivity contribution in [2.75, 3.05) is 40.8 Å². The van der Waals surface area contributed by atoms with E-state index in [1.165, 1.54) is 12.0 Å². The van der Waals surface area contributed by atoms with E-state index in [9.17, 15) is 38.8 Å². The summed E-state index contributed by atoms with van der Waals surface area (Å²) in [6.45, 7) is 14.5. The van der Waals surface area contributed by atoms with Crippen LogP contribution >= 0.6 is 7.80 Å². The van der Waals surface area contributed by atoms with Crippen LogP contribution in [0, 0.1) is 35.5 Å². The third kappa shape index (κ3) is 16.2. The third-order valence-electron chi connectivity index (χ3n) is 15.1. The Kier molecular flexibility index (Phi) is 23.4. The number of aliphatic hydroxyl groups is 2. The number of hydrogen-bond donors (Lipinski definition) is 3. The molecule has 390 valence electrons. The molecule has 2 bridgehead atoms. The fourth-order valence-corrected chi connectivity index (χ4v) is 11.2. The van der Waals surface area contributed by atoms with E-state index in [1.54, 1.807) is 47.7 Å². The topological polar surface area (TPSA) is 204 Å². The first-order valence-corrected chi connectivity index (χ1v) is 27.5.